The van der Waals surface area contributed by atoms with Crippen molar-refractivity contribution in [1.82, 2.24) is 5.32 Å². The largest absolute Gasteiger partial charge is 0.507 e. The van der Waals surface area contributed by atoms with Gasteiger partial charge >= 0.3 is 0 Å². The van der Waals surface area contributed by atoms with Gasteiger partial charge in [-0.25, -0.2) is 0 Å². The van der Waals surface area contributed by atoms with Gasteiger partial charge in [-0.15, -0.1) is 0 Å². The molecule has 0 aliphatic heterocycles. The number of para-hydroxylation sites is 1. The quantitative estimate of drug-likeness (QED) is 0.226. The van der Waals surface area contributed by atoms with Crippen molar-refractivity contribution < 1.29 is 9.90 Å². The molecule has 0 aromatic heterocycles. The maximum atomic E-state index is 12.0. The van der Waals surface area contributed by atoms with Crippen LogP contribution in [0.3, 0.4) is 0 Å². The number of thiol groups is 1. The van der Waals surface area contributed by atoms with Gasteiger partial charge in [0.15, 0.2) is 0 Å². The molecule has 4 heteroatoms. The number of carbonyl (C=O) groups excluding carboxylic acids is 1. The molecule has 0 spiro atoms. The second-order valence-corrected chi connectivity index (χ2v) is 7.95. The smallest absolute Gasteiger partial charge is 0.255 e. The Labute approximate surface area is 171 Å². The predicted octanol–water partition coefficient (Wildman–Crippen LogP) is 6.37. The van der Waals surface area contributed by atoms with Crippen LogP contribution < -0.4 is 5.32 Å². The molecular weight excluding hydrogens is 354 g/mol. The summed E-state index contributed by atoms with van der Waals surface area (Å²) >= 11 is 4.50. The van der Waals surface area contributed by atoms with Crippen LogP contribution in [0.1, 0.15) is 94.3 Å². The number of amides is 1. The van der Waals surface area contributed by atoms with E-state index >= 15 is 0 Å². The minimum atomic E-state index is -0.200. The summed E-state index contributed by atoms with van der Waals surface area (Å²) in [5.41, 5.74) is 0.345. The molecule has 1 atom stereocenters. The van der Waals surface area contributed by atoms with Gasteiger partial charge in [0.2, 0.25) is 0 Å². The van der Waals surface area contributed by atoms with E-state index in [1.54, 1.807) is 18.2 Å². The highest BCUT2D eigenvalue weighted by Gasteiger charge is 2.10. The van der Waals surface area contributed by atoms with Crippen LogP contribution in [-0.4, -0.2) is 23.3 Å². The number of hydrogen-bond donors (Lipinski definition) is 3. The average Bonchev–Trinajstić information content (AvgIpc) is 2.68. The van der Waals surface area contributed by atoms with Crippen LogP contribution in [0, 0.1) is 5.92 Å². The van der Waals surface area contributed by atoms with Gasteiger partial charge in [0, 0.05) is 6.54 Å². The van der Waals surface area contributed by atoms with Gasteiger partial charge in [-0.05, 0) is 43.1 Å². The second kappa shape index (κ2) is 15.9. The highest BCUT2D eigenvalue weighted by Crippen LogP contribution is 2.19. The first-order valence-corrected chi connectivity index (χ1v) is 11.5. The summed E-state index contributed by atoms with van der Waals surface area (Å²) in [7, 11) is 0. The lowest BCUT2D eigenvalue weighted by molar-refractivity contribution is 0.0950. The van der Waals surface area contributed by atoms with E-state index in [9.17, 15) is 9.90 Å². The van der Waals surface area contributed by atoms with Crippen LogP contribution in [0.25, 0.3) is 0 Å². The molecule has 0 bridgehead atoms. The number of unbranched alkanes of at least 4 members (excludes halogenated alkanes) is 8. The van der Waals surface area contributed by atoms with E-state index in [1.165, 1.54) is 70.3 Å². The van der Waals surface area contributed by atoms with Gasteiger partial charge in [-0.1, -0.05) is 76.8 Å². The molecular formula is C23H39NO2S. The van der Waals surface area contributed by atoms with Gasteiger partial charge < -0.3 is 10.4 Å². The summed E-state index contributed by atoms with van der Waals surface area (Å²) < 4.78 is 0. The summed E-state index contributed by atoms with van der Waals surface area (Å²) in [5.74, 6) is 1.40. The number of phenols is 1. The Kier molecular flexibility index (Phi) is 14.0. The molecule has 0 saturated carbocycles. The molecule has 0 aliphatic rings. The normalized spacial score (nSPS) is 12.1. The fourth-order valence-electron chi connectivity index (χ4n) is 3.42. The van der Waals surface area contributed by atoms with Gasteiger partial charge in [-0.2, -0.15) is 12.6 Å². The number of rotatable bonds is 16. The van der Waals surface area contributed by atoms with Crippen molar-refractivity contribution in [2.45, 2.75) is 84.0 Å². The fourth-order valence-corrected chi connectivity index (χ4v) is 3.79. The molecule has 3 nitrogen and oxygen atoms in total. The Morgan fingerprint density at radius 3 is 2.19 bits per heavy atom. The van der Waals surface area contributed by atoms with Gasteiger partial charge in [0.1, 0.15) is 5.75 Å². The Bertz CT molecular complexity index is 507. The predicted molar refractivity (Wildman–Crippen MR) is 119 cm³/mol. The highest BCUT2D eigenvalue weighted by molar-refractivity contribution is 7.80. The summed E-state index contributed by atoms with van der Waals surface area (Å²) in [4.78, 5) is 12.0. The van der Waals surface area contributed by atoms with E-state index in [-0.39, 0.29) is 11.7 Å². The average molecular weight is 394 g/mol. The van der Waals surface area contributed by atoms with E-state index < -0.39 is 0 Å². The molecule has 0 fully saturated rings. The van der Waals surface area contributed by atoms with Crippen LogP contribution in [0.5, 0.6) is 5.75 Å². The monoisotopic (exact) mass is 393 g/mol. The number of hydrogen-bond acceptors (Lipinski definition) is 3. The van der Waals surface area contributed by atoms with Crippen molar-refractivity contribution in [3.8, 4) is 5.75 Å². The Morgan fingerprint density at radius 2 is 1.56 bits per heavy atom. The van der Waals surface area contributed by atoms with Gasteiger partial charge in [0.05, 0.1) is 5.56 Å². The number of carbonyl (C=O) groups is 1. The van der Waals surface area contributed by atoms with Gasteiger partial charge in [0.25, 0.3) is 5.91 Å². The minimum absolute atomic E-state index is 0.0357. The van der Waals surface area contributed by atoms with Crippen molar-refractivity contribution in [1.29, 1.82) is 0 Å². The molecule has 0 aliphatic carbocycles. The summed E-state index contributed by atoms with van der Waals surface area (Å²) in [6.45, 7) is 2.91. The fraction of sp³-hybridized carbons (Fsp3) is 0.696. The third kappa shape index (κ3) is 11.3. The molecule has 0 saturated heterocycles. The van der Waals surface area contributed by atoms with E-state index in [2.05, 4.69) is 24.9 Å². The van der Waals surface area contributed by atoms with Crippen LogP contribution >= 0.6 is 12.6 Å². The van der Waals surface area contributed by atoms with E-state index in [0.717, 1.165) is 18.6 Å². The lowest BCUT2D eigenvalue weighted by atomic mass is 9.97. The topological polar surface area (TPSA) is 49.3 Å². The third-order valence-electron chi connectivity index (χ3n) is 5.20. The number of benzene rings is 1. The zero-order valence-corrected chi connectivity index (χ0v) is 18.0. The second-order valence-electron chi connectivity index (χ2n) is 7.58. The van der Waals surface area contributed by atoms with Crippen LogP contribution in [0.15, 0.2) is 24.3 Å². The minimum Gasteiger partial charge on any atom is -0.507 e. The van der Waals surface area contributed by atoms with Crippen LogP contribution in [0.2, 0.25) is 0 Å². The van der Waals surface area contributed by atoms with Crippen molar-refractivity contribution in [2.24, 2.45) is 5.92 Å². The molecule has 1 amide bonds. The zero-order chi connectivity index (χ0) is 19.7. The first-order valence-electron chi connectivity index (χ1n) is 10.9. The zero-order valence-electron chi connectivity index (χ0n) is 17.1. The molecule has 154 valence electrons. The van der Waals surface area contributed by atoms with Crippen molar-refractivity contribution >= 4 is 18.5 Å². The van der Waals surface area contributed by atoms with Crippen molar-refractivity contribution in [3.63, 3.8) is 0 Å². The molecule has 0 radical (unpaired) electrons. The number of nitrogens with one attached hydrogen (secondary N) is 1. The van der Waals surface area contributed by atoms with Crippen LogP contribution in [-0.2, 0) is 0 Å². The SMILES string of the molecule is CCCCCCCCCCCC(CS)CCCNC(=O)c1ccccc1O. The molecule has 1 aromatic carbocycles. The van der Waals surface area contributed by atoms with E-state index in [4.69, 9.17) is 0 Å². The first kappa shape index (κ1) is 23.9. The van der Waals surface area contributed by atoms with Crippen molar-refractivity contribution in [3.05, 3.63) is 29.8 Å². The lowest BCUT2D eigenvalue weighted by Gasteiger charge is -2.14. The van der Waals surface area contributed by atoms with E-state index in [1.807, 2.05) is 0 Å². The summed E-state index contributed by atoms with van der Waals surface area (Å²) in [6.07, 6.45) is 15.6. The van der Waals surface area contributed by atoms with Crippen molar-refractivity contribution in [2.75, 3.05) is 12.3 Å². The van der Waals surface area contributed by atoms with Gasteiger partial charge in [-0.3, -0.25) is 4.79 Å². The first-order chi connectivity index (χ1) is 13.2. The Morgan fingerprint density at radius 1 is 0.963 bits per heavy atom. The molecule has 1 rings (SSSR count). The maximum absolute atomic E-state index is 12.0. The maximum Gasteiger partial charge on any atom is 0.255 e. The number of phenolic OH excluding ortho intramolecular Hbond substituents is 1. The molecule has 27 heavy (non-hydrogen) atoms. The Balaban J connectivity index is 2.04. The number of aromatic hydroxyl groups is 1. The Hall–Kier alpha value is -1.16. The summed E-state index contributed by atoms with van der Waals surface area (Å²) in [5, 5.41) is 12.6. The molecule has 1 aromatic rings. The lowest BCUT2D eigenvalue weighted by Crippen LogP contribution is -2.25. The molecule has 0 heterocycles. The highest BCUT2D eigenvalue weighted by atomic mass is 32.1. The summed E-state index contributed by atoms with van der Waals surface area (Å²) in [6, 6.07) is 6.66. The third-order valence-corrected chi connectivity index (χ3v) is 5.71. The molecule has 2 N–H and O–H groups in total. The van der Waals surface area contributed by atoms with Crippen LogP contribution in [0.4, 0.5) is 0 Å². The standard InChI is InChI=1S/C23H39NO2S/c1-2-3-4-5-6-7-8-9-10-14-20(19-27)15-13-18-24-23(26)21-16-11-12-17-22(21)25/h11-12,16-17,20,25,27H,2-10,13-15,18-19H2,1H3,(H,24,26). The van der Waals surface area contributed by atoms with E-state index in [0.29, 0.717) is 18.0 Å². The molecule has 1 unspecified atom stereocenters.